The van der Waals surface area contributed by atoms with Crippen molar-refractivity contribution >= 4 is 33.2 Å². The molecule has 1 heterocycles. The fraction of sp³-hybridized carbons (Fsp3) is 0.321. The first-order valence-corrected chi connectivity index (χ1v) is 12.5. The molecule has 1 aliphatic rings. The van der Waals surface area contributed by atoms with Crippen molar-refractivity contribution < 1.29 is 14.3 Å². The van der Waals surface area contributed by atoms with Gasteiger partial charge in [-0.25, -0.2) is 0 Å². The van der Waals surface area contributed by atoms with Crippen LogP contribution in [0.1, 0.15) is 21.5 Å². The number of rotatable bonds is 7. The summed E-state index contributed by atoms with van der Waals surface area (Å²) in [6, 6.07) is 19.7. The van der Waals surface area contributed by atoms with Crippen molar-refractivity contribution in [1.29, 1.82) is 0 Å². The minimum Gasteiger partial charge on any atom is -0.496 e. The third-order valence-corrected chi connectivity index (χ3v) is 7.14. The van der Waals surface area contributed by atoms with E-state index in [0.717, 1.165) is 47.5 Å². The average molecular weight is 538 g/mol. The highest BCUT2D eigenvalue weighted by molar-refractivity contribution is 9.10. The number of ether oxygens (including phenoxy) is 2. The van der Waals surface area contributed by atoms with E-state index in [0.29, 0.717) is 23.6 Å². The molecule has 184 valence electrons. The quantitative estimate of drug-likeness (QED) is 0.405. The van der Waals surface area contributed by atoms with Crippen LogP contribution in [0.3, 0.4) is 0 Å². The summed E-state index contributed by atoms with van der Waals surface area (Å²) in [4.78, 5) is 20.4. The lowest BCUT2D eigenvalue weighted by Crippen LogP contribution is -2.44. The molecule has 0 spiro atoms. The van der Waals surface area contributed by atoms with E-state index >= 15 is 0 Å². The molecule has 0 bridgehead atoms. The number of aryl methyl sites for hydroxylation is 1. The third kappa shape index (κ3) is 5.63. The highest BCUT2D eigenvalue weighted by Crippen LogP contribution is 2.34. The van der Waals surface area contributed by atoms with Gasteiger partial charge in [0.1, 0.15) is 11.5 Å². The van der Waals surface area contributed by atoms with Crippen LogP contribution in [0.4, 0.5) is 11.4 Å². The second-order valence-corrected chi connectivity index (χ2v) is 9.68. The number of carbonyl (C=O) groups is 1. The zero-order valence-corrected chi connectivity index (χ0v) is 22.3. The molecule has 1 saturated heterocycles. The molecule has 1 fully saturated rings. The summed E-state index contributed by atoms with van der Waals surface area (Å²) >= 11 is 3.55. The molecule has 0 aromatic heterocycles. The van der Waals surface area contributed by atoms with Crippen LogP contribution < -0.4 is 19.3 Å². The van der Waals surface area contributed by atoms with Gasteiger partial charge in [0.15, 0.2) is 0 Å². The number of carbonyl (C=O) groups excluding carboxylic acids is 1. The van der Waals surface area contributed by atoms with E-state index in [1.165, 1.54) is 5.69 Å². The highest BCUT2D eigenvalue weighted by Gasteiger charge is 2.24. The number of halogens is 1. The Morgan fingerprint density at radius 1 is 0.943 bits per heavy atom. The van der Waals surface area contributed by atoms with Gasteiger partial charge < -0.3 is 24.2 Å². The van der Waals surface area contributed by atoms with Crippen LogP contribution in [-0.2, 0) is 6.54 Å². The molecular weight excluding hydrogens is 506 g/mol. The normalized spacial score (nSPS) is 14.0. The molecule has 0 unspecified atom stereocenters. The summed E-state index contributed by atoms with van der Waals surface area (Å²) in [6.45, 7) is 6.37. The van der Waals surface area contributed by atoms with Crippen molar-refractivity contribution in [2.75, 3.05) is 57.2 Å². The number of anilines is 2. The molecule has 0 aliphatic carbocycles. The number of amides is 1. The second-order valence-electron chi connectivity index (χ2n) is 8.83. The first-order valence-electron chi connectivity index (χ1n) is 11.7. The highest BCUT2D eigenvalue weighted by atomic mass is 79.9. The molecule has 0 radical (unpaired) electrons. The van der Waals surface area contributed by atoms with E-state index < -0.39 is 0 Å². The number of hydrogen-bond acceptors (Lipinski definition) is 5. The first kappa shape index (κ1) is 25.1. The number of methoxy groups -OCH3 is 2. The van der Waals surface area contributed by atoms with Crippen LogP contribution in [0.15, 0.2) is 65.1 Å². The SMILES string of the molecule is COc1cc(C)cc(OC)c1CN(C(=O)c1ccccc1Br)c1ccc(N2CCN(C)CC2)cc1. The van der Waals surface area contributed by atoms with E-state index in [9.17, 15) is 4.79 Å². The van der Waals surface area contributed by atoms with Crippen LogP contribution in [-0.4, -0.2) is 58.3 Å². The minimum absolute atomic E-state index is 0.102. The van der Waals surface area contributed by atoms with E-state index in [2.05, 4.69) is 44.9 Å². The molecule has 3 aromatic carbocycles. The van der Waals surface area contributed by atoms with Crippen molar-refractivity contribution in [3.8, 4) is 11.5 Å². The van der Waals surface area contributed by atoms with Gasteiger partial charge in [0.2, 0.25) is 0 Å². The lowest BCUT2D eigenvalue weighted by atomic mass is 10.1. The molecule has 3 aromatic rings. The van der Waals surface area contributed by atoms with E-state index in [-0.39, 0.29) is 5.91 Å². The zero-order valence-electron chi connectivity index (χ0n) is 20.8. The van der Waals surface area contributed by atoms with Gasteiger partial charge in [-0.15, -0.1) is 0 Å². The largest absolute Gasteiger partial charge is 0.496 e. The van der Waals surface area contributed by atoms with Gasteiger partial charge in [0.25, 0.3) is 5.91 Å². The Kier molecular flexibility index (Phi) is 7.98. The summed E-state index contributed by atoms with van der Waals surface area (Å²) in [7, 11) is 5.43. The summed E-state index contributed by atoms with van der Waals surface area (Å²) in [6.07, 6.45) is 0. The van der Waals surface area contributed by atoms with Crippen LogP contribution in [0.5, 0.6) is 11.5 Å². The molecule has 7 heteroatoms. The Morgan fingerprint density at radius 2 is 1.54 bits per heavy atom. The number of piperazine rings is 1. The molecule has 35 heavy (non-hydrogen) atoms. The van der Waals surface area contributed by atoms with Crippen molar-refractivity contribution in [1.82, 2.24) is 4.90 Å². The topological polar surface area (TPSA) is 45.3 Å². The molecule has 0 N–H and O–H groups in total. The number of likely N-dealkylation sites (N-methyl/N-ethyl adjacent to an activating group) is 1. The van der Waals surface area contributed by atoms with Gasteiger partial charge in [-0.3, -0.25) is 4.79 Å². The predicted octanol–water partition coefficient (Wildman–Crippen LogP) is 5.37. The molecular formula is C28H32BrN3O3. The maximum absolute atomic E-state index is 13.9. The molecule has 1 aliphatic heterocycles. The monoisotopic (exact) mass is 537 g/mol. The summed E-state index contributed by atoms with van der Waals surface area (Å²) < 4.78 is 12.1. The maximum Gasteiger partial charge on any atom is 0.259 e. The molecule has 4 rings (SSSR count). The lowest BCUT2D eigenvalue weighted by Gasteiger charge is -2.34. The Hall–Kier alpha value is -3.03. The number of nitrogens with zero attached hydrogens (tertiary/aromatic N) is 3. The minimum atomic E-state index is -0.102. The average Bonchev–Trinajstić information content (AvgIpc) is 2.88. The first-order chi connectivity index (χ1) is 16.9. The summed E-state index contributed by atoms with van der Waals surface area (Å²) in [5, 5.41) is 0. The Balaban J connectivity index is 1.72. The Bertz CT molecular complexity index is 1150. The standard InChI is InChI=1S/C28H32BrN3O3/c1-20-17-26(34-3)24(27(18-20)35-4)19-32(28(33)23-7-5-6-8-25(23)29)22-11-9-21(10-12-22)31-15-13-30(2)14-16-31/h5-12,17-18H,13-16,19H2,1-4H3. The molecule has 1 amide bonds. The second kappa shape index (κ2) is 11.1. The van der Waals surface area contributed by atoms with Crippen LogP contribution in [0, 0.1) is 6.92 Å². The van der Waals surface area contributed by atoms with Crippen molar-refractivity contribution in [3.63, 3.8) is 0 Å². The van der Waals surface area contributed by atoms with Crippen molar-refractivity contribution in [2.45, 2.75) is 13.5 Å². The molecule has 0 atom stereocenters. The summed E-state index contributed by atoms with van der Waals surface area (Å²) in [5.41, 5.74) is 4.43. The maximum atomic E-state index is 13.9. The van der Waals surface area contributed by atoms with Crippen LogP contribution >= 0.6 is 15.9 Å². The van der Waals surface area contributed by atoms with Crippen LogP contribution in [0.25, 0.3) is 0 Å². The molecule has 0 saturated carbocycles. The molecule has 6 nitrogen and oxygen atoms in total. The number of benzene rings is 3. The third-order valence-electron chi connectivity index (χ3n) is 6.45. The smallest absolute Gasteiger partial charge is 0.259 e. The van der Waals surface area contributed by atoms with Crippen molar-refractivity contribution in [3.05, 3.63) is 81.8 Å². The van der Waals surface area contributed by atoms with E-state index in [4.69, 9.17) is 9.47 Å². The van der Waals surface area contributed by atoms with Gasteiger partial charge >= 0.3 is 0 Å². The summed E-state index contributed by atoms with van der Waals surface area (Å²) in [5.74, 6) is 1.29. The van der Waals surface area contributed by atoms with E-state index in [1.54, 1.807) is 19.1 Å². The van der Waals surface area contributed by atoms with Gasteiger partial charge in [-0.1, -0.05) is 12.1 Å². The van der Waals surface area contributed by atoms with Crippen molar-refractivity contribution in [2.24, 2.45) is 0 Å². The number of hydrogen-bond donors (Lipinski definition) is 0. The Morgan fingerprint density at radius 3 is 2.11 bits per heavy atom. The lowest BCUT2D eigenvalue weighted by molar-refractivity contribution is 0.0984. The van der Waals surface area contributed by atoms with Gasteiger partial charge in [-0.2, -0.15) is 0 Å². The van der Waals surface area contributed by atoms with Gasteiger partial charge in [-0.05, 0) is 84.0 Å². The zero-order chi connectivity index (χ0) is 24.9. The van der Waals surface area contributed by atoms with Gasteiger partial charge in [0.05, 0.1) is 31.9 Å². The van der Waals surface area contributed by atoms with Gasteiger partial charge in [0, 0.05) is 42.0 Å². The predicted molar refractivity (Wildman–Crippen MR) is 145 cm³/mol. The van der Waals surface area contributed by atoms with Crippen LogP contribution in [0.2, 0.25) is 0 Å². The van der Waals surface area contributed by atoms with E-state index in [1.807, 2.05) is 55.5 Å². The fourth-order valence-electron chi connectivity index (χ4n) is 4.40. The Labute approximate surface area is 216 Å². The fourth-order valence-corrected chi connectivity index (χ4v) is 4.85.